The van der Waals surface area contributed by atoms with E-state index in [1.807, 2.05) is 42.2 Å². The lowest BCUT2D eigenvalue weighted by Gasteiger charge is -2.27. The highest BCUT2D eigenvalue weighted by atomic mass is 35.5. The first kappa shape index (κ1) is 22.2. The number of fused-ring (bicyclic) bond motifs is 1. The van der Waals surface area contributed by atoms with E-state index in [0.29, 0.717) is 34.4 Å². The van der Waals surface area contributed by atoms with Crippen molar-refractivity contribution in [1.29, 1.82) is 0 Å². The molecule has 0 bridgehead atoms. The van der Waals surface area contributed by atoms with Crippen LogP contribution in [0.25, 0.3) is 11.3 Å². The molecule has 2 N–H and O–H groups in total. The fourth-order valence-corrected chi connectivity index (χ4v) is 4.77. The molecule has 0 fully saturated rings. The lowest BCUT2D eigenvalue weighted by atomic mass is 9.93. The predicted octanol–water partition coefficient (Wildman–Crippen LogP) is 6.61. The Hall–Kier alpha value is -3.57. The maximum Gasteiger partial charge on any atom is 0.273 e. The molecule has 1 atom stereocenters. The van der Waals surface area contributed by atoms with Gasteiger partial charge in [0, 0.05) is 22.7 Å². The van der Waals surface area contributed by atoms with Gasteiger partial charge < -0.3 is 10.0 Å². The number of carbonyl (C=O) groups excluding carboxylic acids is 1. The van der Waals surface area contributed by atoms with E-state index in [1.54, 1.807) is 12.1 Å². The number of hydrogen-bond acceptors (Lipinski definition) is 3. The van der Waals surface area contributed by atoms with Crippen molar-refractivity contribution in [2.45, 2.75) is 39.3 Å². The summed E-state index contributed by atoms with van der Waals surface area (Å²) in [6.45, 7) is 6.61. The fourth-order valence-electron chi connectivity index (χ4n) is 4.61. The molecule has 0 spiro atoms. The number of hydrogen-bond donors (Lipinski definition) is 2. The van der Waals surface area contributed by atoms with Gasteiger partial charge in [-0.1, -0.05) is 80.0 Å². The number of amides is 1. The summed E-state index contributed by atoms with van der Waals surface area (Å²) in [6.07, 6.45) is 0. The number of phenolic OH excluding ortho intramolecular Hbond substituents is 1. The van der Waals surface area contributed by atoms with Crippen LogP contribution in [0.15, 0.2) is 66.7 Å². The zero-order chi connectivity index (χ0) is 24.0. The molecule has 5 nitrogen and oxygen atoms in total. The molecule has 5 rings (SSSR count). The van der Waals surface area contributed by atoms with Crippen LogP contribution in [0.4, 0.5) is 0 Å². The van der Waals surface area contributed by atoms with Crippen LogP contribution in [0, 0.1) is 6.92 Å². The third kappa shape index (κ3) is 3.76. The Morgan fingerprint density at radius 3 is 2.47 bits per heavy atom. The van der Waals surface area contributed by atoms with Gasteiger partial charge in [-0.2, -0.15) is 5.10 Å². The summed E-state index contributed by atoms with van der Waals surface area (Å²) in [5.74, 6) is 0.374. The molecule has 1 unspecified atom stereocenters. The summed E-state index contributed by atoms with van der Waals surface area (Å²) in [5, 5.41) is 18.7. The van der Waals surface area contributed by atoms with Gasteiger partial charge in [0.05, 0.1) is 6.04 Å². The molecule has 6 heteroatoms. The Morgan fingerprint density at radius 2 is 1.79 bits per heavy atom. The van der Waals surface area contributed by atoms with Crippen LogP contribution in [0.1, 0.15) is 64.1 Å². The third-order valence-electron chi connectivity index (χ3n) is 6.51. The van der Waals surface area contributed by atoms with E-state index in [1.165, 1.54) is 5.56 Å². The van der Waals surface area contributed by atoms with E-state index in [-0.39, 0.29) is 17.7 Å². The van der Waals surface area contributed by atoms with E-state index in [4.69, 9.17) is 11.6 Å². The quantitative estimate of drug-likeness (QED) is 0.344. The van der Waals surface area contributed by atoms with E-state index in [0.717, 1.165) is 22.3 Å². The summed E-state index contributed by atoms with van der Waals surface area (Å²) in [4.78, 5) is 15.4. The van der Waals surface area contributed by atoms with Gasteiger partial charge in [-0.25, -0.2) is 0 Å². The van der Waals surface area contributed by atoms with Gasteiger partial charge in [0.2, 0.25) is 0 Å². The van der Waals surface area contributed by atoms with Crippen LogP contribution in [0.5, 0.6) is 5.75 Å². The number of nitrogens with zero attached hydrogens (tertiary/aromatic N) is 2. The maximum atomic E-state index is 13.6. The molecule has 0 saturated heterocycles. The molecule has 1 aliphatic heterocycles. The van der Waals surface area contributed by atoms with Gasteiger partial charge in [-0.15, -0.1) is 0 Å². The normalized spacial score (nSPS) is 15.3. The second-order valence-electron chi connectivity index (χ2n) is 9.12. The van der Waals surface area contributed by atoms with Crippen LogP contribution in [0.2, 0.25) is 5.02 Å². The van der Waals surface area contributed by atoms with Crippen LogP contribution in [-0.2, 0) is 6.54 Å². The SMILES string of the molecule is Cc1cc(O)c(-c2n[nH]c3c2C(c2ccc(C(C)C)cc2)N(Cc2ccccc2)C3=O)cc1Cl. The number of rotatable bonds is 5. The van der Waals surface area contributed by atoms with Crippen molar-refractivity contribution in [3.63, 3.8) is 0 Å². The van der Waals surface area contributed by atoms with E-state index >= 15 is 0 Å². The largest absolute Gasteiger partial charge is 0.507 e. The highest BCUT2D eigenvalue weighted by Crippen LogP contribution is 2.46. The molecule has 3 aromatic carbocycles. The molecular formula is C28H26ClN3O2. The van der Waals surface area contributed by atoms with Gasteiger partial charge in [0.25, 0.3) is 5.91 Å². The van der Waals surface area contributed by atoms with Crippen LogP contribution >= 0.6 is 11.6 Å². The van der Waals surface area contributed by atoms with Crippen molar-refractivity contribution in [3.8, 4) is 17.0 Å². The minimum Gasteiger partial charge on any atom is -0.507 e. The Bertz CT molecular complexity index is 1360. The van der Waals surface area contributed by atoms with E-state index in [2.05, 4.69) is 48.3 Å². The first-order chi connectivity index (χ1) is 16.3. The van der Waals surface area contributed by atoms with Crippen molar-refractivity contribution in [3.05, 3.63) is 105 Å². The number of benzene rings is 3. The number of H-pyrrole nitrogens is 1. The van der Waals surface area contributed by atoms with Crippen LogP contribution in [0.3, 0.4) is 0 Å². The average Bonchev–Trinajstić information content (AvgIpc) is 3.36. The topological polar surface area (TPSA) is 69.2 Å². The first-order valence-electron chi connectivity index (χ1n) is 11.4. The highest BCUT2D eigenvalue weighted by molar-refractivity contribution is 6.31. The Labute approximate surface area is 204 Å². The molecule has 172 valence electrons. The zero-order valence-electron chi connectivity index (χ0n) is 19.3. The molecule has 2 heterocycles. The smallest absolute Gasteiger partial charge is 0.273 e. The molecule has 1 aromatic heterocycles. The van der Waals surface area contributed by atoms with Gasteiger partial charge in [-0.05, 0) is 47.2 Å². The average molecular weight is 472 g/mol. The maximum absolute atomic E-state index is 13.6. The number of aromatic nitrogens is 2. The Morgan fingerprint density at radius 1 is 1.09 bits per heavy atom. The second kappa shape index (κ2) is 8.65. The highest BCUT2D eigenvalue weighted by Gasteiger charge is 2.42. The molecule has 34 heavy (non-hydrogen) atoms. The van der Waals surface area contributed by atoms with Gasteiger partial charge in [-0.3, -0.25) is 9.89 Å². The number of phenols is 1. The predicted molar refractivity (Wildman–Crippen MR) is 134 cm³/mol. The summed E-state index contributed by atoms with van der Waals surface area (Å²) in [6, 6.07) is 21.3. The van der Waals surface area contributed by atoms with Crippen LogP contribution < -0.4 is 0 Å². The molecule has 1 aliphatic rings. The third-order valence-corrected chi connectivity index (χ3v) is 6.92. The number of aryl methyl sites for hydroxylation is 1. The fraction of sp³-hybridized carbons (Fsp3) is 0.214. The second-order valence-corrected chi connectivity index (χ2v) is 9.53. The lowest BCUT2D eigenvalue weighted by molar-refractivity contribution is 0.0730. The minimum absolute atomic E-state index is 0.0825. The number of nitrogens with one attached hydrogen (secondary N) is 1. The summed E-state index contributed by atoms with van der Waals surface area (Å²) in [7, 11) is 0. The molecule has 4 aromatic rings. The van der Waals surface area contributed by atoms with Crippen molar-refractivity contribution >= 4 is 17.5 Å². The molecule has 0 radical (unpaired) electrons. The van der Waals surface area contributed by atoms with E-state index in [9.17, 15) is 9.90 Å². The Balaban J connectivity index is 1.67. The monoisotopic (exact) mass is 471 g/mol. The first-order valence-corrected chi connectivity index (χ1v) is 11.8. The van der Waals surface area contributed by atoms with Crippen molar-refractivity contribution in [2.24, 2.45) is 0 Å². The molecule has 0 aliphatic carbocycles. The van der Waals surface area contributed by atoms with Gasteiger partial charge in [0.15, 0.2) is 0 Å². The standard InChI is InChI=1S/C28H26ClN3O2/c1-16(2)19-9-11-20(12-10-19)27-24-25(21-14-22(29)17(3)13-23(21)33)30-31-26(24)28(34)32(27)15-18-7-5-4-6-8-18/h4-14,16,27,33H,15H2,1-3H3,(H,30,31). The lowest BCUT2D eigenvalue weighted by Crippen LogP contribution is -2.29. The van der Waals surface area contributed by atoms with Gasteiger partial charge in [0.1, 0.15) is 17.1 Å². The molecule has 0 saturated carbocycles. The minimum atomic E-state index is -0.350. The number of aromatic amines is 1. The summed E-state index contributed by atoms with van der Waals surface area (Å²) in [5.41, 5.74) is 6.29. The number of halogens is 1. The summed E-state index contributed by atoms with van der Waals surface area (Å²) < 4.78 is 0. The van der Waals surface area contributed by atoms with Crippen molar-refractivity contribution in [2.75, 3.05) is 0 Å². The zero-order valence-corrected chi connectivity index (χ0v) is 20.1. The molecular weight excluding hydrogens is 446 g/mol. The van der Waals surface area contributed by atoms with E-state index < -0.39 is 0 Å². The number of aromatic hydroxyl groups is 1. The summed E-state index contributed by atoms with van der Waals surface area (Å²) >= 11 is 6.39. The molecule has 1 amide bonds. The number of carbonyl (C=O) groups is 1. The van der Waals surface area contributed by atoms with Gasteiger partial charge >= 0.3 is 0 Å². The van der Waals surface area contributed by atoms with Crippen molar-refractivity contribution in [1.82, 2.24) is 15.1 Å². The van der Waals surface area contributed by atoms with Crippen molar-refractivity contribution < 1.29 is 9.90 Å². The van der Waals surface area contributed by atoms with Crippen LogP contribution in [-0.4, -0.2) is 26.1 Å². The Kier molecular flexibility index (Phi) is 5.66.